The Bertz CT molecular complexity index is 522. The van der Waals surface area contributed by atoms with Gasteiger partial charge in [0.15, 0.2) is 0 Å². The summed E-state index contributed by atoms with van der Waals surface area (Å²) in [5.74, 6) is -1.38. The van der Waals surface area contributed by atoms with Crippen molar-refractivity contribution in [3.63, 3.8) is 0 Å². The smallest absolute Gasteiger partial charge is 0.293 e. The largest absolute Gasteiger partial charge is 0.319 e. The molecule has 0 saturated heterocycles. The van der Waals surface area contributed by atoms with Crippen LogP contribution < -0.4 is 5.32 Å². The summed E-state index contributed by atoms with van der Waals surface area (Å²) >= 11 is 0. The van der Waals surface area contributed by atoms with E-state index in [0.29, 0.717) is 0 Å². The molecule has 1 N–H and O–H groups in total. The Morgan fingerprint density at radius 3 is 2.82 bits per heavy atom. The molecule has 0 aliphatic heterocycles. The van der Waals surface area contributed by atoms with Crippen LogP contribution in [-0.4, -0.2) is 10.8 Å². The first-order chi connectivity index (χ1) is 7.97. The van der Waals surface area contributed by atoms with Crippen molar-refractivity contribution in [2.24, 2.45) is 0 Å². The quantitative estimate of drug-likeness (QED) is 0.641. The second-order valence-electron chi connectivity index (χ2n) is 3.21. The highest BCUT2D eigenvalue weighted by atomic mass is 19.1. The van der Waals surface area contributed by atoms with Crippen molar-refractivity contribution in [3.05, 3.63) is 33.6 Å². The lowest BCUT2D eigenvalue weighted by atomic mass is 10.1. The van der Waals surface area contributed by atoms with E-state index in [9.17, 15) is 19.3 Å². The molecule has 0 aromatic heterocycles. The van der Waals surface area contributed by atoms with Gasteiger partial charge in [0.2, 0.25) is 5.91 Å². The van der Waals surface area contributed by atoms with Crippen LogP contribution in [0.2, 0.25) is 0 Å². The number of hydrogen-bond donors (Lipinski definition) is 1. The molecule has 17 heavy (non-hydrogen) atoms. The number of rotatable bonds is 3. The number of hydrogen-bond acceptors (Lipinski definition) is 4. The first-order valence-electron chi connectivity index (χ1n) is 4.57. The standard InChI is InChI=1S/C10H8FN3O3/c1-6-7(11)2-3-8(14(16)17)10(6)13-9(15)4-5-12/h2-3H,4H2,1H3,(H,13,15). The molecule has 1 rings (SSSR count). The molecule has 0 aliphatic carbocycles. The van der Waals surface area contributed by atoms with E-state index in [1.807, 2.05) is 0 Å². The number of halogens is 1. The molecule has 0 spiro atoms. The third-order valence-corrected chi connectivity index (χ3v) is 2.08. The van der Waals surface area contributed by atoms with Crippen LogP contribution in [-0.2, 0) is 4.79 Å². The van der Waals surface area contributed by atoms with Gasteiger partial charge >= 0.3 is 0 Å². The summed E-state index contributed by atoms with van der Waals surface area (Å²) in [4.78, 5) is 21.1. The predicted octanol–water partition coefficient (Wildman–Crippen LogP) is 1.89. The van der Waals surface area contributed by atoms with E-state index in [0.717, 1.165) is 12.1 Å². The molecule has 7 heteroatoms. The maximum atomic E-state index is 13.2. The van der Waals surface area contributed by atoms with Crippen LogP contribution in [0.4, 0.5) is 15.8 Å². The Hall–Kier alpha value is -2.49. The predicted molar refractivity (Wildman–Crippen MR) is 56.7 cm³/mol. The van der Waals surface area contributed by atoms with Gasteiger partial charge in [-0.25, -0.2) is 4.39 Å². The number of nitrogens with one attached hydrogen (secondary N) is 1. The minimum Gasteiger partial charge on any atom is -0.319 e. The van der Waals surface area contributed by atoms with Crippen molar-refractivity contribution in [2.75, 3.05) is 5.32 Å². The van der Waals surface area contributed by atoms with Crippen LogP contribution in [0, 0.1) is 34.2 Å². The number of benzene rings is 1. The molecular formula is C10H8FN3O3. The average molecular weight is 237 g/mol. The maximum absolute atomic E-state index is 13.2. The zero-order valence-corrected chi connectivity index (χ0v) is 8.86. The molecule has 0 saturated carbocycles. The number of carbonyl (C=O) groups is 1. The fourth-order valence-electron chi connectivity index (χ4n) is 1.24. The van der Waals surface area contributed by atoms with Gasteiger partial charge in [-0.15, -0.1) is 0 Å². The van der Waals surface area contributed by atoms with Gasteiger partial charge in [0.1, 0.15) is 17.9 Å². The monoisotopic (exact) mass is 237 g/mol. The SMILES string of the molecule is Cc1c(F)ccc([N+](=O)[O-])c1NC(=O)CC#N. The Morgan fingerprint density at radius 2 is 2.29 bits per heavy atom. The Labute approximate surface area is 95.8 Å². The molecular weight excluding hydrogens is 229 g/mol. The van der Waals surface area contributed by atoms with Crippen LogP contribution in [0.1, 0.15) is 12.0 Å². The molecule has 1 amide bonds. The highest BCUT2D eigenvalue weighted by Gasteiger charge is 2.20. The van der Waals surface area contributed by atoms with E-state index in [2.05, 4.69) is 5.32 Å². The van der Waals surface area contributed by atoms with E-state index in [1.54, 1.807) is 6.07 Å². The highest BCUT2D eigenvalue weighted by Crippen LogP contribution is 2.29. The van der Waals surface area contributed by atoms with Gasteiger partial charge in [0.25, 0.3) is 5.69 Å². The third-order valence-electron chi connectivity index (χ3n) is 2.08. The Morgan fingerprint density at radius 1 is 1.65 bits per heavy atom. The molecule has 0 fully saturated rings. The summed E-state index contributed by atoms with van der Waals surface area (Å²) in [5, 5.41) is 21.1. The first-order valence-corrected chi connectivity index (χ1v) is 4.57. The van der Waals surface area contributed by atoms with Gasteiger partial charge in [0, 0.05) is 11.6 Å². The van der Waals surface area contributed by atoms with E-state index >= 15 is 0 Å². The maximum Gasteiger partial charge on any atom is 0.293 e. The molecule has 0 atom stereocenters. The molecule has 0 unspecified atom stereocenters. The molecule has 0 radical (unpaired) electrons. The van der Waals surface area contributed by atoms with Gasteiger partial charge in [-0.1, -0.05) is 0 Å². The lowest BCUT2D eigenvalue weighted by Gasteiger charge is -2.08. The fraction of sp³-hybridized carbons (Fsp3) is 0.200. The van der Waals surface area contributed by atoms with Crippen molar-refractivity contribution < 1.29 is 14.1 Å². The zero-order valence-electron chi connectivity index (χ0n) is 8.86. The van der Waals surface area contributed by atoms with Crippen LogP contribution >= 0.6 is 0 Å². The molecule has 6 nitrogen and oxygen atoms in total. The van der Waals surface area contributed by atoms with Crippen LogP contribution in [0.3, 0.4) is 0 Å². The van der Waals surface area contributed by atoms with Crippen LogP contribution in [0.15, 0.2) is 12.1 Å². The zero-order chi connectivity index (χ0) is 13.0. The van der Waals surface area contributed by atoms with Crippen molar-refractivity contribution in [1.82, 2.24) is 0 Å². The number of nitriles is 1. The highest BCUT2D eigenvalue weighted by molar-refractivity contribution is 5.95. The number of nitro benzene ring substituents is 1. The minimum absolute atomic E-state index is 0.0366. The van der Waals surface area contributed by atoms with Crippen LogP contribution in [0.5, 0.6) is 0 Å². The molecule has 0 bridgehead atoms. The third kappa shape index (κ3) is 2.75. The second kappa shape index (κ2) is 5.03. The number of nitrogens with zero attached hydrogens (tertiary/aromatic N) is 2. The number of anilines is 1. The molecule has 0 aliphatic rings. The van der Waals surface area contributed by atoms with Crippen molar-refractivity contribution >= 4 is 17.3 Å². The Kier molecular flexibility index (Phi) is 3.72. The van der Waals surface area contributed by atoms with Gasteiger partial charge < -0.3 is 5.32 Å². The Balaban J connectivity index is 3.20. The summed E-state index contributed by atoms with van der Waals surface area (Å²) in [6.45, 7) is 1.31. The van der Waals surface area contributed by atoms with Gasteiger partial charge in [-0.05, 0) is 13.0 Å². The second-order valence-corrected chi connectivity index (χ2v) is 3.21. The average Bonchev–Trinajstić information content (AvgIpc) is 2.25. The lowest BCUT2D eigenvalue weighted by Crippen LogP contribution is -2.13. The molecule has 1 aromatic rings. The summed E-state index contributed by atoms with van der Waals surface area (Å²) in [6, 6.07) is 3.51. The number of amides is 1. The van der Waals surface area contributed by atoms with Crippen LogP contribution in [0.25, 0.3) is 0 Å². The van der Waals surface area contributed by atoms with Crippen molar-refractivity contribution in [3.8, 4) is 6.07 Å². The summed E-state index contributed by atoms with van der Waals surface area (Å²) < 4.78 is 13.2. The van der Waals surface area contributed by atoms with Gasteiger partial charge in [0.05, 0.1) is 11.0 Å². The number of carbonyl (C=O) groups excluding carboxylic acids is 1. The first kappa shape index (κ1) is 12.6. The molecule has 88 valence electrons. The summed E-state index contributed by atoms with van der Waals surface area (Å²) in [6.07, 6.45) is -0.451. The van der Waals surface area contributed by atoms with Crippen molar-refractivity contribution in [1.29, 1.82) is 5.26 Å². The van der Waals surface area contributed by atoms with Gasteiger partial charge in [-0.2, -0.15) is 5.26 Å². The van der Waals surface area contributed by atoms with E-state index < -0.39 is 28.8 Å². The summed E-state index contributed by atoms with van der Waals surface area (Å²) in [7, 11) is 0. The molecule has 0 heterocycles. The topological polar surface area (TPSA) is 96.0 Å². The minimum atomic E-state index is -0.728. The summed E-state index contributed by atoms with van der Waals surface area (Å²) in [5.41, 5.74) is -0.657. The number of nitro groups is 1. The van der Waals surface area contributed by atoms with E-state index in [4.69, 9.17) is 5.26 Å². The fourth-order valence-corrected chi connectivity index (χ4v) is 1.24. The van der Waals surface area contributed by atoms with Gasteiger partial charge in [-0.3, -0.25) is 14.9 Å². The van der Waals surface area contributed by atoms with E-state index in [1.165, 1.54) is 6.92 Å². The van der Waals surface area contributed by atoms with E-state index in [-0.39, 0.29) is 11.3 Å². The van der Waals surface area contributed by atoms with Crippen molar-refractivity contribution in [2.45, 2.75) is 13.3 Å². The normalized spacial score (nSPS) is 9.47. The lowest BCUT2D eigenvalue weighted by molar-refractivity contribution is -0.384. The molecule has 1 aromatic carbocycles.